The average molecular weight is 531 g/mol. The Bertz CT molecular complexity index is 1190. The maximum Gasteiger partial charge on any atom is 0.410 e. The molecule has 1 atom stereocenters. The molecule has 0 saturated carbocycles. The van der Waals surface area contributed by atoms with Crippen LogP contribution in [0.15, 0.2) is 89.9 Å². The van der Waals surface area contributed by atoms with Crippen molar-refractivity contribution in [2.24, 2.45) is 0 Å². The quantitative estimate of drug-likeness (QED) is 0.220. The average Bonchev–Trinajstić information content (AvgIpc) is 3.45. The monoisotopic (exact) mass is 530 g/mol. The fraction of sp³-hybridized carbons (Fsp3) is 0.312. The molecule has 0 aliphatic carbocycles. The molecule has 1 amide bonds. The molecule has 2 heterocycles. The Morgan fingerprint density at radius 1 is 1.05 bits per heavy atom. The van der Waals surface area contributed by atoms with Crippen molar-refractivity contribution in [1.82, 2.24) is 9.88 Å². The van der Waals surface area contributed by atoms with Gasteiger partial charge in [-0.2, -0.15) is 0 Å². The molecule has 1 saturated heterocycles. The van der Waals surface area contributed by atoms with E-state index in [1.807, 2.05) is 80.6 Å². The van der Waals surface area contributed by atoms with Crippen LogP contribution >= 0.6 is 0 Å². The summed E-state index contributed by atoms with van der Waals surface area (Å²) in [5, 5.41) is 0. The van der Waals surface area contributed by atoms with Crippen LogP contribution in [0.5, 0.6) is 11.5 Å². The normalized spacial score (nSPS) is 15.4. The number of amides is 1. The van der Waals surface area contributed by atoms with Gasteiger partial charge < -0.3 is 23.5 Å². The number of benzene rings is 2. The number of hydrogen-bond acceptors (Lipinski definition) is 6. The van der Waals surface area contributed by atoms with Crippen molar-refractivity contribution in [2.75, 3.05) is 33.9 Å². The molecule has 1 fully saturated rings. The molecule has 1 unspecified atom stereocenters. The second-order valence-electron chi connectivity index (χ2n) is 9.07. The Morgan fingerprint density at radius 3 is 2.26 bits per heavy atom. The number of nitrogens with zero attached hydrogens (tertiary/aromatic N) is 2. The highest BCUT2D eigenvalue weighted by atomic mass is 16.6. The topological polar surface area (TPSA) is 74.0 Å². The van der Waals surface area contributed by atoms with E-state index in [4.69, 9.17) is 23.6 Å². The standard InChI is InChI=1S/C30H34N2O5.C2H4/c1-5-6-8-21(2)20-36-30(33)32-18-7-9-24(19-32)29-31-27(22-10-14-25(34-3)15-11-22)28(37-29)23-12-16-26(35-4)17-13-23;1-2/h5-6,8,10-17,24H,7,9,18-20H2,1-4H3;1-2H2/b6-5-,21-8+;. The van der Waals surface area contributed by atoms with Crippen LogP contribution in [0.25, 0.3) is 22.6 Å². The lowest BCUT2D eigenvalue weighted by atomic mass is 9.98. The number of piperidine rings is 1. The lowest BCUT2D eigenvalue weighted by molar-refractivity contribution is 0.0964. The first-order valence-electron chi connectivity index (χ1n) is 13.0. The third-order valence-electron chi connectivity index (χ3n) is 6.38. The molecule has 7 nitrogen and oxygen atoms in total. The third kappa shape index (κ3) is 7.63. The SMILES string of the molecule is C/C=C\C=C(/C)COC(=O)N1CCCC(c2nc(-c3ccc(OC)cc3)c(-c3ccc(OC)cc3)o2)C1.C=C. The summed E-state index contributed by atoms with van der Waals surface area (Å²) in [4.78, 5) is 19.5. The lowest BCUT2D eigenvalue weighted by Gasteiger charge is -2.30. The van der Waals surface area contributed by atoms with E-state index in [2.05, 4.69) is 13.2 Å². The number of aromatic nitrogens is 1. The molecular weight excluding hydrogens is 492 g/mol. The molecule has 7 heteroatoms. The van der Waals surface area contributed by atoms with Crippen LogP contribution in [-0.2, 0) is 4.74 Å². The van der Waals surface area contributed by atoms with E-state index in [0.29, 0.717) is 24.7 Å². The Balaban J connectivity index is 0.00000205. The van der Waals surface area contributed by atoms with Crippen molar-refractivity contribution in [3.05, 3.63) is 91.4 Å². The minimum Gasteiger partial charge on any atom is -0.497 e. The van der Waals surface area contributed by atoms with E-state index >= 15 is 0 Å². The Morgan fingerprint density at radius 2 is 1.67 bits per heavy atom. The summed E-state index contributed by atoms with van der Waals surface area (Å²) in [6.45, 7) is 11.3. The maximum atomic E-state index is 12.8. The number of allylic oxidation sites excluding steroid dienone is 3. The molecule has 39 heavy (non-hydrogen) atoms. The van der Waals surface area contributed by atoms with Crippen LogP contribution in [0.1, 0.15) is 38.5 Å². The molecule has 0 spiro atoms. The van der Waals surface area contributed by atoms with E-state index in [0.717, 1.165) is 46.7 Å². The van der Waals surface area contributed by atoms with Gasteiger partial charge in [0.15, 0.2) is 11.7 Å². The molecule has 3 aromatic rings. The zero-order valence-corrected chi connectivity index (χ0v) is 23.3. The highest BCUT2D eigenvalue weighted by Gasteiger charge is 2.30. The number of oxazole rings is 1. The van der Waals surface area contributed by atoms with Gasteiger partial charge in [0.1, 0.15) is 23.8 Å². The summed E-state index contributed by atoms with van der Waals surface area (Å²) in [6, 6.07) is 15.5. The molecule has 4 rings (SSSR count). The maximum absolute atomic E-state index is 12.8. The first-order chi connectivity index (χ1) is 19.0. The zero-order valence-electron chi connectivity index (χ0n) is 23.3. The smallest absolute Gasteiger partial charge is 0.410 e. The minimum atomic E-state index is -0.310. The number of carbonyl (C=O) groups excluding carboxylic acids is 1. The number of methoxy groups -OCH3 is 2. The van der Waals surface area contributed by atoms with Crippen molar-refractivity contribution >= 4 is 6.09 Å². The van der Waals surface area contributed by atoms with E-state index in [9.17, 15) is 4.79 Å². The largest absolute Gasteiger partial charge is 0.497 e. The molecule has 1 aliphatic rings. The number of likely N-dealkylation sites (tertiary alicyclic amines) is 1. The van der Waals surface area contributed by atoms with Crippen molar-refractivity contribution in [3.63, 3.8) is 0 Å². The van der Waals surface area contributed by atoms with E-state index in [1.165, 1.54) is 0 Å². The molecule has 1 aromatic heterocycles. The highest BCUT2D eigenvalue weighted by molar-refractivity contribution is 5.77. The predicted molar refractivity (Wildman–Crippen MR) is 155 cm³/mol. The van der Waals surface area contributed by atoms with Gasteiger partial charge in [-0.25, -0.2) is 9.78 Å². The Hall–Kier alpha value is -4.26. The van der Waals surface area contributed by atoms with E-state index in [1.54, 1.807) is 19.1 Å². The second kappa shape index (κ2) is 14.6. The van der Waals surface area contributed by atoms with E-state index in [-0.39, 0.29) is 18.6 Å². The lowest BCUT2D eigenvalue weighted by Crippen LogP contribution is -2.39. The van der Waals surface area contributed by atoms with Crippen LogP contribution in [0.4, 0.5) is 4.79 Å². The summed E-state index contributed by atoms with van der Waals surface area (Å²) >= 11 is 0. The summed E-state index contributed by atoms with van der Waals surface area (Å²) < 4.78 is 22.6. The van der Waals surface area contributed by atoms with Gasteiger partial charge in [0.25, 0.3) is 0 Å². The molecule has 0 bridgehead atoms. The van der Waals surface area contributed by atoms with Gasteiger partial charge in [-0.15, -0.1) is 13.2 Å². The van der Waals surface area contributed by atoms with Crippen molar-refractivity contribution in [3.8, 4) is 34.1 Å². The predicted octanol–water partition coefficient (Wildman–Crippen LogP) is 7.67. The first-order valence-corrected chi connectivity index (χ1v) is 13.0. The molecule has 206 valence electrons. The van der Waals surface area contributed by atoms with Gasteiger partial charge in [0.05, 0.1) is 20.1 Å². The summed E-state index contributed by atoms with van der Waals surface area (Å²) in [5.74, 6) is 2.83. The molecule has 0 N–H and O–H groups in total. The van der Waals surface area contributed by atoms with Gasteiger partial charge in [0, 0.05) is 24.2 Å². The molecule has 2 aromatic carbocycles. The van der Waals surface area contributed by atoms with Crippen molar-refractivity contribution in [2.45, 2.75) is 32.6 Å². The van der Waals surface area contributed by atoms with Crippen LogP contribution < -0.4 is 9.47 Å². The Kier molecular flexibility index (Phi) is 11.0. The third-order valence-corrected chi connectivity index (χ3v) is 6.38. The highest BCUT2D eigenvalue weighted by Crippen LogP contribution is 2.38. The number of ether oxygens (including phenoxy) is 3. The van der Waals surface area contributed by atoms with Crippen molar-refractivity contribution in [1.29, 1.82) is 0 Å². The second-order valence-corrected chi connectivity index (χ2v) is 9.07. The van der Waals surface area contributed by atoms with Crippen LogP contribution in [0.2, 0.25) is 0 Å². The summed E-state index contributed by atoms with van der Waals surface area (Å²) in [7, 11) is 3.29. The van der Waals surface area contributed by atoms with Crippen LogP contribution in [-0.4, -0.2) is 49.9 Å². The molecule has 1 aliphatic heterocycles. The van der Waals surface area contributed by atoms with E-state index < -0.39 is 0 Å². The van der Waals surface area contributed by atoms with Crippen molar-refractivity contribution < 1.29 is 23.4 Å². The van der Waals surface area contributed by atoms with Gasteiger partial charge in [-0.05, 0) is 80.8 Å². The zero-order chi connectivity index (χ0) is 28.2. The summed E-state index contributed by atoms with van der Waals surface area (Å²) in [6.07, 6.45) is 7.25. The number of rotatable bonds is 8. The number of hydrogen-bond donors (Lipinski definition) is 0. The van der Waals surface area contributed by atoms with Gasteiger partial charge in [-0.1, -0.05) is 18.2 Å². The Labute approximate surface area is 231 Å². The number of carbonyl (C=O) groups is 1. The molecule has 0 radical (unpaired) electrons. The first kappa shape index (κ1) is 29.3. The van der Waals surface area contributed by atoms with Crippen LogP contribution in [0.3, 0.4) is 0 Å². The summed E-state index contributed by atoms with van der Waals surface area (Å²) in [5.41, 5.74) is 3.58. The molecular formula is C32H38N2O5. The van der Waals surface area contributed by atoms with Gasteiger partial charge >= 0.3 is 6.09 Å². The van der Waals surface area contributed by atoms with Gasteiger partial charge in [-0.3, -0.25) is 0 Å². The van der Waals surface area contributed by atoms with Gasteiger partial charge in [0.2, 0.25) is 0 Å². The van der Waals surface area contributed by atoms with Crippen LogP contribution in [0, 0.1) is 0 Å². The fourth-order valence-corrected chi connectivity index (χ4v) is 4.31. The fourth-order valence-electron chi connectivity index (χ4n) is 4.31. The minimum absolute atomic E-state index is 0.0232.